The highest BCUT2D eigenvalue weighted by Crippen LogP contribution is 2.32. The molecule has 0 radical (unpaired) electrons. The topological polar surface area (TPSA) is 82.0 Å². The van der Waals surface area contributed by atoms with E-state index in [2.05, 4.69) is 4.58 Å². The van der Waals surface area contributed by atoms with E-state index >= 15 is 0 Å². The smallest absolute Gasteiger partial charge is 0.318 e. The van der Waals surface area contributed by atoms with Crippen molar-refractivity contribution in [1.29, 1.82) is 0 Å². The van der Waals surface area contributed by atoms with Crippen LogP contribution >= 0.6 is 44.8 Å². The van der Waals surface area contributed by atoms with Crippen molar-refractivity contribution in [2.45, 2.75) is 37.9 Å². The molecular formula is C27H23NO5S4. The summed E-state index contributed by atoms with van der Waals surface area (Å²) < 4.78 is 14.1. The third-order valence-corrected chi connectivity index (χ3v) is 9.22. The van der Waals surface area contributed by atoms with Crippen molar-refractivity contribution in [1.82, 2.24) is 0 Å². The molecule has 37 heavy (non-hydrogen) atoms. The molecule has 0 fully saturated rings. The average Bonchev–Trinajstić information content (AvgIpc) is 3.29. The van der Waals surface area contributed by atoms with Gasteiger partial charge in [0.1, 0.15) is 15.3 Å². The largest absolute Gasteiger partial charge is 0.426 e. The molecular weight excluding hydrogens is 547 g/mol. The average molecular weight is 570 g/mol. The molecule has 0 amide bonds. The number of hydrogen-bond donors (Lipinski definition) is 0. The lowest BCUT2D eigenvalue weighted by Crippen LogP contribution is -2.22. The molecule has 0 saturated carbocycles. The Morgan fingerprint density at radius 1 is 0.946 bits per heavy atom. The van der Waals surface area contributed by atoms with E-state index in [0.29, 0.717) is 11.5 Å². The Labute approximate surface area is 231 Å². The Kier molecular flexibility index (Phi) is 8.53. The first-order valence-electron chi connectivity index (χ1n) is 11.3. The van der Waals surface area contributed by atoms with Crippen LogP contribution in [0.25, 0.3) is 21.2 Å². The Morgan fingerprint density at radius 3 is 2.30 bits per heavy atom. The van der Waals surface area contributed by atoms with Gasteiger partial charge in [0, 0.05) is 26.2 Å². The molecule has 0 N–H and O–H groups in total. The third-order valence-electron chi connectivity index (χ3n) is 5.60. The normalized spacial score (nSPS) is 12.2. The predicted molar refractivity (Wildman–Crippen MR) is 154 cm³/mol. The van der Waals surface area contributed by atoms with E-state index in [1.54, 1.807) is 65.7 Å². The second kappa shape index (κ2) is 11.6. The Bertz CT molecular complexity index is 1510. The van der Waals surface area contributed by atoms with Gasteiger partial charge in [-0.1, -0.05) is 57.2 Å². The fraction of sp³-hybridized carbons (Fsp3) is 0.222. The van der Waals surface area contributed by atoms with Crippen LogP contribution in [0.2, 0.25) is 0 Å². The molecule has 1 aromatic heterocycles. The molecule has 3 aromatic carbocycles. The van der Waals surface area contributed by atoms with Crippen molar-refractivity contribution < 1.29 is 19.1 Å². The zero-order valence-corrected chi connectivity index (χ0v) is 23.5. The SMILES string of the molecule is C[C@H](C(=O)Oc1ccc(-c2cc(=S)ss2)cc1)c1ccc2cc(OC(=O)CC(C)(C)SN=O)ccc2c1. The fourth-order valence-corrected chi connectivity index (χ4v) is 6.41. The van der Waals surface area contributed by atoms with Gasteiger partial charge in [-0.3, -0.25) is 9.59 Å². The van der Waals surface area contributed by atoms with Crippen molar-refractivity contribution in [3.63, 3.8) is 0 Å². The van der Waals surface area contributed by atoms with Gasteiger partial charge in [0.05, 0.1) is 12.3 Å². The minimum Gasteiger partial charge on any atom is -0.426 e. The van der Waals surface area contributed by atoms with Gasteiger partial charge >= 0.3 is 11.9 Å². The summed E-state index contributed by atoms with van der Waals surface area (Å²) in [6.07, 6.45) is 0.0483. The number of fused-ring (bicyclic) bond motifs is 1. The number of hydrogen-bond acceptors (Lipinski definition) is 10. The lowest BCUT2D eigenvalue weighted by Gasteiger charge is -2.17. The van der Waals surface area contributed by atoms with Crippen molar-refractivity contribution >= 4 is 67.6 Å². The van der Waals surface area contributed by atoms with Crippen molar-refractivity contribution in [2.75, 3.05) is 0 Å². The molecule has 0 aliphatic rings. The summed E-state index contributed by atoms with van der Waals surface area (Å²) in [4.78, 5) is 36.7. The number of esters is 2. The molecule has 10 heteroatoms. The molecule has 1 heterocycles. The molecule has 0 aliphatic carbocycles. The van der Waals surface area contributed by atoms with Gasteiger partial charge < -0.3 is 9.47 Å². The van der Waals surface area contributed by atoms with E-state index in [4.69, 9.17) is 21.7 Å². The highest BCUT2D eigenvalue weighted by molar-refractivity contribution is 7.99. The van der Waals surface area contributed by atoms with Crippen LogP contribution in [0.3, 0.4) is 0 Å². The van der Waals surface area contributed by atoms with Crippen LogP contribution in [-0.2, 0) is 9.59 Å². The third kappa shape index (κ3) is 7.10. The zero-order valence-electron chi connectivity index (χ0n) is 20.3. The maximum absolute atomic E-state index is 12.8. The fourth-order valence-electron chi connectivity index (χ4n) is 3.62. The van der Waals surface area contributed by atoms with E-state index in [1.165, 1.54) is 0 Å². The number of ether oxygens (including phenoxy) is 2. The zero-order chi connectivity index (χ0) is 26.6. The van der Waals surface area contributed by atoms with Crippen LogP contribution in [0.15, 0.2) is 71.3 Å². The summed E-state index contributed by atoms with van der Waals surface area (Å²) in [5.41, 5.74) is 1.85. The minimum absolute atomic E-state index is 0.0483. The summed E-state index contributed by atoms with van der Waals surface area (Å²) >= 11 is 6.01. The quantitative estimate of drug-likeness (QED) is 0.0499. The first kappa shape index (κ1) is 27.1. The molecule has 0 spiro atoms. The standard InChI is InChI=1S/C27H23NO5S4/c1-16(26(30)33-21-9-6-17(7-10-21)23-14-25(34)36-35-23)18-4-5-20-13-22(11-8-19(20)12-18)32-24(29)15-27(2,3)37-28-31/h4-14,16H,15H2,1-3H3/t16-/m0/s1. The molecule has 4 aromatic rings. The maximum Gasteiger partial charge on any atom is 0.318 e. The number of nitroso groups, excluding NO2 is 1. The van der Waals surface area contributed by atoms with Gasteiger partial charge in [0.25, 0.3) is 0 Å². The molecule has 6 nitrogen and oxygen atoms in total. The van der Waals surface area contributed by atoms with Gasteiger partial charge in [0.2, 0.25) is 0 Å². The second-order valence-corrected chi connectivity index (χ2v) is 13.4. The highest BCUT2D eigenvalue weighted by Gasteiger charge is 2.25. The maximum atomic E-state index is 12.8. The van der Waals surface area contributed by atoms with Crippen LogP contribution in [-0.4, -0.2) is 16.7 Å². The van der Waals surface area contributed by atoms with E-state index in [9.17, 15) is 14.5 Å². The molecule has 0 aliphatic heterocycles. The molecule has 4 rings (SSSR count). The predicted octanol–water partition coefficient (Wildman–Crippen LogP) is 8.56. The van der Waals surface area contributed by atoms with Crippen molar-refractivity contribution in [3.8, 4) is 21.9 Å². The van der Waals surface area contributed by atoms with Gasteiger partial charge in [-0.05, 0) is 85.1 Å². The molecule has 1 atom stereocenters. The summed E-state index contributed by atoms with van der Waals surface area (Å²) in [5.74, 6) is -0.378. The Morgan fingerprint density at radius 2 is 1.62 bits per heavy atom. The van der Waals surface area contributed by atoms with E-state index in [1.807, 2.05) is 42.5 Å². The Balaban J connectivity index is 1.41. The number of benzene rings is 3. The van der Waals surface area contributed by atoms with Crippen molar-refractivity contribution in [3.05, 3.63) is 81.0 Å². The highest BCUT2D eigenvalue weighted by atomic mass is 32.9. The van der Waals surface area contributed by atoms with Crippen LogP contribution in [0.1, 0.15) is 38.7 Å². The summed E-state index contributed by atoms with van der Waals surface area (Å²) in [6.45, 7) is 5.32. The minimum atomic E-state index is -0.642. The lowest BCUT2D eigenvalue weighted by atomic mass is 9.98. The van der Waals surface area contributed by atoms with E-state index in [-0.39, 0.29) is 12.4 Å². The number of nitrogens with zero attached hydrogens (tertiary/aromatic N) is 1. The van der Waals surface area contributed by atoms with Crippen LogP contribution in [0, 0.1) is 8.73 Å². The van der Waals surface area contributed by atoms with Gasteiger partial charge in [-0.25, -0.2) is 0 Å². The monoisotopic (exact) mass is 569 g/mol. The van der Waals surface area contributed by atoms with Gasteiger partial charge in [-0.2, -0.15) is 0 Å². The summed E-state index contributed by atoms with van der Waals surface area (Å²) in [7, 11) is 3.18. The first-order valence-corrected chi connectivity index (χ1v) is 14.6. The van der Waals surface area contributed by atoms with E-state index in [0.717, 1.165) is 42.5 Å². The van der Waals surface area contributed by atoms with Crippen LogP contribution in [0.5, 0.6) is 11.5 Å². The Hall–Kier alpha value is -2.92. The molecule has 0 saturated heterocycles. The van der Waals surface area contributed by atoms with E-state index < -0.39 is 16.6 Å². The number of rotatable bonds is 9. The van der Waals surface area contributed by atoms with Crippen LogP contribution in [0.4, 0.5) is 0 Å². The molecule has 0 bridgehead atoms. The number of carbonyl (C=O) groups excluding carboxylic acids is 2. The summed E-state index contributed by atoms with van der Waals surface area (Å²) in [6, 6.07) is 20.3. The van der Waals surface area contributed by atoms with Gasteiger partial charge in [0.15, 0.2) is 0 Å². The molecule has 190 valence electrons. The second-order valence-electron chi connectivity index (χ2n) is 9.01. The first-order chi connectivity index (χ1) is 17.6. The van der Waals surface area contributed by atoms with Crippen LogP contribution < -0.4 is 9.47 Å². The molecule has 0 unspecified atom stereocenters. The summed E-state index contributed by atoms with van der Waals surface area (Å²) in [5, 5.41) is 1.77. The van der Waals surface area contributed by atoms with Crippen molar-refractivity contribution in [2.24, 2.45) is 4.58 Å². The number of carbonyl (C=O) groups is 2. The lowest BCUT2D eigenvalue weighted by molar-refractivity contribution is -0.136. The van der Waals surface area contributed by atoms with Gasteiger partial charge in [-0.15, -0.1) is 4.91 Å².